The van der Waals surface area contributed by atoms with Crippen molar-refractivity contribution in [2.24, 2.45) is 0 Å². The Hall–Kier alpha value is -0.260. The van der Waals surface area contributed by atoms with Gasteiger partial charge in [0.25, 0.3) is 5.91 Å². The van der Waals surface area contributed by atoms with Gasteiger partial charge >= 0.3 is 0 Å². The van der Waals surface area contributed by atoms with Crippen molar-refractivity contribution in [1.82, 2.24) is 10.2 Å². The summed E-state index contributed by atoms with van der Waals surface area (Å²) in [7, 11) is 1.93. The second-order valence-corrected chi connectivity index (χ2v) is 6.63. The van der Waals surface area contributed by atoms with E-state index in [2.05, 4.69) is 12.2 Å². The molecule has 1 aliphatic carbocycles. The number of ether oxygens (including phenoxy) is 1. The summed E-state index contributed by atoms with van der Waals surface area (Å²) in [6.07, 6.45) is 3.24. The van der Waals surface area contributed by atoms with Crippen LogP contribution in [0.3, 0.4) is 0 Å². The summed E-state index contributed by atoms with van der Waals surface area (Å²) in [5.41, 5.74) is 0. The molecular formula is C13H24N2O2S. The molecule has 1 N–H and O–H groups in total. The van der Waals surface area contributed by atoms with Crippen molar-refractivity contribution in [1.29, 1.82) is 0 Å². The highest BCUT2D eigenvalue weighted by atomic mass is 32.2. The molecule has 0 aromatic rings. The lowest BCUT2D eigenvalue weighted by Gasteiger charge is -2.31. The van der Waals surface area contributed by atoms with Gasteiger partial charge in [-0.1, -0.05) is 6.92 Å². The van der Waals surface area contributed by atoms with Crippen molar-refractivity contribution in [3.63, 3.8) is 0 Å². The zero-order chi connectivity index (χ0) is 13.0. The van der Waals surface area contributed by atoms with Crippen molar-refractivity contribution >= 4 is 17.7 Å². The predicted octanol–water partition coefficient (Wildman–Crippen LogP) is 1.11. The number of amides is 1. The van der Waals surface area contributed by atoms with E-state index in [1.807, 2.05) is 23.7 Å². The van der Waals surface area contributed by atoms with E-state index in [0.717, 1.165) is 24.6 Å². The summed E-state index contributed by atoms with van der Waals surface area (Å²) in [6, 6.07) is 0.409. The van der Waals surface area contributed by atoms with Gasteiger partial charge in [-0.2, -0.15) is 11.8 Å². The van der Waals surface area contributed by atoms with Gasteiger partial charge < -0.3 is 15.0 Å². The summed E-state index contributed by atoms with van der Waals surface area (Å²) < 4.78 is 5.54. The fourth-order valence-electron chi connectivity index (χ4n) is 2.79. The summed E-state index contributed by atoms with van der Waals surface area (Å²) >= 11 is 2.03. The van der Waals surface area contributed by atoms with E-state index in [-0.39, 0.29) is 12.0 Å². The molecular weight excluding hydrogens is 248 g/mol. The van der Waals surface area contributed by atoms with Crippen LogP contribution in [0, 0.1) is 0 Å². The van der Waals surface area contributed by atoms with E-state index in [4.69, 9.17) is 4.74 Å². The SMILES string of the molecule is CCSC1CCC(N(C)C(=O)C2CNCCO2)C1. The Morgan fingerprint density at radius 3 is 3.00 bits per heavy atom. The molecule has 3 atom stereocenters. The molecule has 1 aliphatic heterocycles. The molecule has 2 fully saturated rings. The van der Waals surface area contributed by atoms with Gasteiger partial charge in [0, 0.05) is 31.4 Å². The van der Waals surface area contributed by atoms with Crippen molar-refractivity contribution in [2.45, 2.75) is 43.6 Å². The molecule has 0 aromatic heterocycles. The zero-order valence-corrected chi connectivity index (χ0v) is 12.2. The second-order valence-electron chi connectivity index (χ2n) is 5.06. The van der Waals surface area contributed by atoms with Gasteiger partial charge in [-0.05, 0) is 25.0 Å². The van der Waals surface area contributed by atoms with E-state index in [1.54, 1.807) is 0 Å². The van der Waals surface area contributed by atoms with Gasteiger partial charge in [0.1, 0.15) is 6.10 Å². The minimum Gasteiger partial charge on any atom is -0.366 e. The van der Waals surface area contributed by atoms with Crippen LogP contribution in [0.25, 0.3) is 0 Å². The Morgan fingerprint density at radius 2 is 2.33 bits per heavy atom. The van der Waals surface area contributed by atoms with Crippen LogP contribution in [0.5, 0.6) is 0 Å². The van der Waals surface area contributed by atoms with Crippen molar-refractivity contribution in [3.05, 3.63) is 0 Å². The summed E-state index contributed by atoms with van der Waals surface area (Å²) in [5.74, 6) is 1.32. The standard InChI is InChI=1S/C13H24N2O2S/c1-3-18-11-5-4-10(8-11)15(2)13(16)12-9-14-6-7-17-12/h10-12,14H,3-9H2,1-2H3. The largest absolute Gasteiger partial charge is 0.366 e. The van der Waals surface area contributed by atoms with E-state index in [1.165, 1.54) is 12.2 Å². The number of nitrogens with one attached hydrogen (secondary N) is 1. The number of carbonyl (C=O) groups excluding carboxylic acids is 1. The van der Waals surface area contributed by atoms with E-state index in [0.29, 0.717) is 19.2 Å². The maximum absolute atomic E-state index is 12.3. The highest BCUT2D eigenvalue weighted by molar-refractivity contribution is 7.99. The van der Waals surface area contributed by atoms with Crippen LogP contribution >= 0.6 is 11.8 Å². The first-order valence-corrected chi connectivity index (χ1v) is 7.97. The molecule has 1 amide bonds. The molecule has 4 nitrogen and oxygen atoms in total. The molecule has 1 saturated carbocycles. The average molecular weight is 272 g/mol. The minimum atomic E-state index is -0.276. The van der Waals surface area contributed by atoms with Crippen molar-refractivity contribution in [3.8, 4) is 0 Å². The Morgan fingerprint density at radius 1 is 1.50 bits per heavy atom. The first-order valence-electron chi connectivity index (χ1n) is 6.93. The second kappa shape index (κ2) is 6.78. The molecule has 2 rings (SSSR count). The summed E-state index contributed by atoms with van der Waals surface area (Å²) in [5, 5.41) is 3.95. The predicted molar refractivity (Wildman–Crippen MR) is 74.9 cm³/mol. The molecule has 3 unspecified atom stereocenters. The van der Waals surface area contributed by atoms with Gasteiger partial charge in [-0.25, -0.2) is 0 Å². The Kier molecular flexibility index (Phi) is 5.33. The number of hydrogen-bond acceptors (Lipinski definition) is 4. The number of carbonyl (C=O) groups is 1. The molecule has 0 radical (unpaired) electrons. The monoisotopic (exact) mass is 272 g/mol. The molecule has 2 aliphatic rings. The quantitative estimate of drug-likeness (QED) is 0.832. The number of nitrogens with zero attached hydrogens (tertiary/aromatic N) is 1. The fourth-order valence-corrected chi connectivity index (χ4v) is 3.92. The van der Waals surface area contributed by atoms with Crippen LogP contribution < -0.4 is 5.32 Å². The summed E-state index contributed by atoms with van der Waals surface area (Å²) in [6.45, 7) is 4.35. The van der Waals surface area contributed by atoms with Crippen molar-refractivity contribution in [2.75, 3.05) is 32.5 Å². The number of hydrogen-bond donors (Lipinski definition) is 1. The number of thioether (sulfide) groups is 1. The van der Waals surface area contributed by atoms with Crippen LogP contribution in [0.15, 0.2) is 0 Å². The van der Waals surface area contributed by atoms with E-state index < -0.39 is 0 Å². The van der Waals surface area contributed by atoms with Gasteiger partial charge in [-0.3, -0.25) is 4.79 Å². The molecule has 0 spiro atoms. The summed E-state index contributed by atoms with van der Waals surface area (Å²) in [4.78, 5) is 14.2. The third-order valence-corrected chi connectivity index (χ3v) is 5.09. The van der Waals surface area contributed by atoms with Gasteiger partial charge in [0.2, 0.25) is 0 Å². The molecule has 0 bridgehead atoms. The van der Waals surface area contributed by atoms with Gasteiger partial charge in [0.05, 0.1) is 6.61 Å². The lowest BCUT2D eigenvalue weighted by atomic mass is 10.2. The van der Waals surface area contributed by atoms with Crippen LogP contribution in [-0.2, 0) is 9.53 Å². The molecule has 0 aromatic carbocycles. The Bertz CT molecular complexity index is 282. The molecule has 1 saturated heterocycles. The smallest absolute Gasteiger partial charge is 0.253 e. The molecule has 18 heavy (non-hydrogen) atoms. The minimum absolute atomic E-state index is 0.148. The van der Waals surface area contributed by atoms with Crippen LogP contribution in [0.1, 0.15) is 26.2 Å². The zero-order valence-electron chi connectivity index (χ0n) is 11.4. The van der Waals surface area contributed by atoms with Crippen LogP contribution in [0.4, 0.5) is 0 Å². The van der Waals surface area contributed by atoms with Crippen LogP contribution in [0.2, 0.25) is 0 Å². The average Bonchev–Trinajstić information content (AvgIpc) is 2.87. The Balaban J connectivity index is 1.83. The first kappa shape index (κ1) is 14.2. The molecule has 5 heteroatoms. The molecule has 104 valence electrons. The van der Waals surface area contributed by atoms with Gasteiger partial charge in [0.15, 0.2) is 0 Å². The molecule has 1 heterocycles. The van der Waals surface area contributed by atoms with Gasteiger partial charge in [-0.15, -0.1) is 0 Å². The number of rotatable bonds is 4. The topological polar surface area (TPSA) is 41.6 Å². The third kappa shape index (κ3) is 3.39. The lowest BCUT2D eigenvalue weighted by Crippen LogP contribution is -2.50. The Labute approximate surface area is 114 Å². The van der Waals surface area contributed by atoms with E-state index >= 15 is 0 Å². The maximum Gasteiger partial charge on any atom is 0.253 e. The number of morpholine rings is 1. The maximum atomic E-state index is 12.3. The highest BCUT2D eigenvalue weighted by Gasteiger charge is 2.33. The number of likely N-dealkylation sites (N-methyl/N-ethyl adjacent to an activating group) is 1. The van der Waals surface area contributed by atoms with Crippen molar-refractivity contribution < 1.29 is 9.53 Å². The normalized spacial score (nSPS) is 32.4. The fraction of sp³-hybridized carbons (Fsp3) is 0.923. The lowest BCUT2D eigenvalue weighted by molar-refractivity contribution is -0.145. The highest BCUT2D eigenvalue weighted by Crippen LogP contribution is 2.32. The van der Waals surface area contributed by atoms with Crippen LogP contribution in [-0.4, -0.2) is 60.7 Å². The third-order valence-electron chi connectivity index (χ3n) is 3.86. The van der Waals surface area contributed by atoms with E-state index in [9.17, 15) is 4.79 Å². The first-order chi connectivity index (χ1) is 8.72.